The normalized spacial score (nSPS) is 12.8. The number of amides is 2. The minimum atomic E-state index is -0.890. The largest absolute Gasteiger partial charge is 0.481 e. The second-order valence-corrected chi connectivity index (χ2v) is 6.38. The Morgan fingerprint density at radius 1 is 1.48 bits per heavy atom. The number of hydrogen-bond donors (Lipinski definition) is 3. The molecule has 1 aromatic heterocycles. The quantitative estimate of drug-likeness (QED) is 0.744. The lowest BCUT2D eigenvalue weighted by Gasteiger charge is -2.24. The van der Waals surface area contributed by atoms with Crippen LogP contribution in [0.5, 0.6) is 0 Å². The van der Waals surface area contributed by atoms with Gasteiger partial charge >= 0.3 is 12.0 Å². The Bertz CT molecular complexity index is 465. The van der Waals surface area contributed by atoms with Crippen LogP contribution in [-0.2, 0) is 11.3 Å². The second kappa shape index (κ2) is 7.10. The van der Waals surface area contributed by atoms with E-state index >= 15 is 0 Å². The molecule has 1 unspecified atom stereocenters. The summed E-state index contributed by atoms with van der Waals surface area (Å²) in [6, 6.07) is -0.313. The predicted octanol–water partition coefficient (Wildman–Crippen LogP) is 1.69. The maximum atomic E-state index is 11.9. The van der Waals surface area contributed by atoms with Gasteiger partial charge in [-0.1, -0.05) is 20.8 Å². The van der Waals surface area contributed by atoms with Crippen molar-refractivity contribution in [3.8, 4) is 0 Å². The number of carbonyl (C=O) groups excluding carboxylic acids is 1. The van der Waals surface area contributed by atoms with Gasteiger partial charge in [0.2, 0.25) is 0 Å². The zero-order valence-corrected chi connectivity index (χ0v) is 13.0. The summed E-state index contributed by atoms with van der Waals surface area (Å²) in [7, 11) is 1.64. The third-order valence-corrected chi connectivity index (χ3v) is 3.00. The van der Waals surface area contributed by atoms with Crippen molar-refractivity contribution >= 4 is 12.0 Å². The van der Waals surface area contributed by atoms with Gasteiger partial charge < -0.3 is 20.3 Å². The number of imidazole rings is 1. The number of nitrogens with one attached hydrogen (secondary N) is 2. The van der Waals surface area contributed by atoms with Crippen molar-refractivity contribution in [3.63, 3.8) is 0 Å². The summed E-state index contributed by atoms with van der Waals surface area (Å²) in [5.74, 6) is -0.804. The molecule has 0 aromatic carbocycles. The lowest BCUT2D eigenvalue weighted by molar-refractivity contribution is -0.142. The summed E-state index contributed by atoms with van der Waals surface area (Å²) in [6.07, 6.45) is 3.81. The number of urea groups is 1. The van der Waals surface area contributed by atoms with Gasteiger partial charge in [-0.3, -0.25) is 4.79 Å². The smallest absolute Gasteiger partial charge is 0.317 e. The van der Waals surface area contributed by atoms with E-state index in [4.69, 9.17) is 0 Å². The highest BCUT2D eigenvalue weighted by atomic mass is 16.4. The fourth-order valence-corrected chi connectivity index (χ4v) is 2.01. The van der Waals surface area contributed by atoms with Gasteiger partial charge in [-0.25, -0.2) is 9.78 Å². The molecule has 0 aliphatic rings. The number of aromatic amines is 1. The first-order chi connectivity index (χ1) is 9.69. The molecule has 1 aromatic rings. The maximum absolute atomic E-state index is 11.9. The van der Waals surface area contributed by atoms with Gasteiger partial charge in [0.25, 0.3) is 0 Å². The number of carbonyl (C=O) groups is 2. The molecule has 0 aliphatic heterocycles. The van der Waals surface area contributed by atoms with Crippen LogP contribution in [0.3, 0.4) is 0 Å². The maximum Gasteiger partial charge on any atom is 0.317 e. The molecule has 118 valence electrons. The number of carboxylic acid groups (broad SMARTS) is 1. The topological polar surface area (TPSA) is 98.3 Å². The molecular formula is C14H24N4O3. The highest BCUT2D eigenvalue weighted by Crippen LogP contribution is 2.24. The Hall–Kier alpha value is -2.05. The van der Waals surface area contributed by atoms with Gasteiger partial charge in [0.1, 0.15) is 5.82 Å². The van der Waals surface area contributed by atoms with E-state index in [9.17, 15) is 14.7 Å². The molecule has 3 N–H and O–H groups in total. The molecule has 1 rings (SSSR count). The first-order valence-electron chi connectivity index (χ1n) is 6.89. The first kappa shape index (κ1) is 17.0. The molecule has 1 heterocycles. The van der Waals surface area contributed by atoms with Gasteiger partial charge in [-0.15, -0.1) is 0 Å². The van der Waals surface area contributed by atoms with Crippen LogP contribution in [0.15, 0.2) is 12.4 Å². The number of H-pyrrole nitrogens is 1. The second-order valence-electron chi connectivity index (χ2n) is 6.38. The van der Waals surface area contributed by atoms with E-state index in [2.05, 4.69) is 15.3 Å². The summed E-state index contributed by atoms with van der Waals surface area (Å²) in [4.78, 5) is 31.6. The summed E-state index contributed by atoms with van der Waals surface area (Å²) in [6.45, 7) is 6.40. The van der Waals surface area contributed by atoms with E-state index in [0.29, 0.717) is 18.8 Å². The van der Waals surface area contributed by atoms with Crippen molar-refractivity contribution in [3.05, 3.63) is 18.2 Å². The summed E-state index contributed by atoms with van der Waals surface area (Å²) in [5, 5.41) is 11.9. The number of rotatable bonds is 6. The average Bonchev–Trinajstić information content (AvgIpc) is 2.85. The zero-order valence-electron chi connectivity index (χ0n) is 13.0. The van der Waals surface area contributed by atoms with Crippen molar-refractivity contribution in [1.29, 1.82) is 0 Å². The molecule has 0 bridgehead atoms. The van der Waals surface area contributed by atoms with Crippen LogP contribution in [0.2, 0.25) is 0 Å². The lowest BCUT2D eigenvalue weighted by Crippen LogP contribution is -2.41. The van der Waals surface area contributed by atoms with Crippen LogP contribution < -0.4 is 5.32 Å². The number of aliphatic carboxylic acids is 1. The van der Waals surface area contributed by atoms with E-state index in [-0.39, 0.29) is 18.0 Å². The molecule has 0 aliphatic carbocycles. The number of aromatic nitrogens is 2. The Morgan fingerprint density at radius 3 is 2.62 bits per heavy atom. The molecule has 0 saturated carbocycles. The third kappa shape index (κ3) is 6.29. The highest BCUT2D eigenvalue weighted by Gasteiger charge is 2.25. The molecular weight excluding hydrogens is 272 g/mol. The van der Waals surface area contributed by atoms with Gasteiger partial charge in [-0.2, -0.15) is 0 Å². The molecule has 21 heavy (non-hydrogen) atoms. The van der Waals surface area contributed by atoms with Crippen LogP contribution >= 0.6 is 0 Å². The summed E-state index contributed by atoms with van der Waals surface area (Å²) >= 11 is 0. The van der Waals surface area contributed by atoms with Gasteiger partial charge in [0.05, 0.1) is 12.5 Å². The zero-order chi connectivity index (χ0) is 16.0. The van der Waals surface area contributed by atoms with Crippen molar-refractivity contribution in [1.82, 2.24) is 20.2 Å². The van der Waals surface area contributed by atoms with Gasteiger partial charge in [0, 0.05) is 26.0 Å². The van der Waals surface area contributed by atoms with E-state index in [1.54, 1.807) is 19.4 Å². The van der Waals surface area contributed by atoms with Crippen LogP contribution in [0.4, 0.5) is 4.79 Å². The predicted molar refractivity (Wildman–Crippen MR) is 78.7 cm³/mol. The van der Waals surface area contributed by atoms with Gasteiger partial charge in [0.15, 0.2) is 0 Å². The standard InChI is InChI=1S/C14H24N4O3/c1-14(2,3)7-10(12(19)20)8-17-13(21)18(4)9-11-15-5-6-16-11/h5-6,10H,7-9H2,1-4H3,(H,15,16)(H,17,21)(H,19,20). The van der Waals surface area contributed by atoms with E-state index in [0.717, 1.165) is 0 Å². The van der Waals surface area contributed by atoms with Crippen molar-refractivity contribution in [2.75, 3.05) is 13.6 Å². The Morgan fingerprint density at radius 2 is 2.14 bits per heavy atom. The molecule has 0 spiro atoms. The van der Waals surface area contributed by atoms with Crippen LogP contribution in [0.1, 0.15) is 33.0 Å². The molecule has 7 heteroatoms. The first-order valence-corrected chi connectivity index (χ1v) is 6.89. The van der Waals surface area contributed by atoms with Crippen molar-refractivity contribution in [2.24, 2.45) is 11.3 Å². The van der Waals surface area contributed by atoms with Crippen LogP contribution in [0, 0.1) is 11.3 Å². The summed E-state index contributed by atoms with van der Waals surface area (Å²) in [5.41, 5.74) is -0.103. The van der Waals surface area contributed by atoms with E-state index in [1.165, 1.54) is 4.90 Å². The summed E-state index contributed by atoms with van der Waals surface area (Å²) < 4.78 is 0. The lowest BCUT2D eigenvalue weighted by atomic mass is 9.84. The number of carboxylic acids is 1. The minimum Gasteiger partial charge on any atom is -0.481 e. The highest BCUT2D eigenvalue weighted by molar-refractivity contribution is 5.75. The molecule has 1 atom stereocenters. The van der Waals surface area contributed by atoms with Crippen molar-refractivity contribution in [2.45, 2.75) is 33.7 Å². The fraction of sp³-hybridized carbons (Fsp3) is 0.643. The molecule has 0 fully saturated rings. The molecule has 0 saturated heterocycles. The number of hydrogen-bond acceptors (Lipinski definition) is 3. The minimum absolute atomic E-state index is 0.103. The van der Waals surface area contributed by atoms with Crippen LogP contribution in [0.25, 0.3) is 0 Å². The van der Waals surface area contributed by atoms with Crippen LogP contribution in [-0.4, -0.2) is 45.6 Å². The molecule has 7 nitrogen and oxygen atoms in total. The molecule has 2 amide bonds. The molecule has 0 radical (unpaired) electrons. The Balaban J connectivity index is 2.47. The average molecular weight is 296 g/mol. The van der Waals surface area contributed by atoms with E-state index in [1.807, 2.05) is 20.8 Å². The van der Waals surface area contributed by atoms with Crippen molar-refractivity contribution < 1.29 is 14.7 Å². The monoisotopic (exact) mass is 296 g/mol. The van der Waals surface area contributed by atoms with E-state index < -0.39 is 11.9 Å². The number of nitrogens with zero attached hydrogens (tertiary/aromatic N) is 2. The van der Waals surface area contributed by atoms with Gasteiger partial charge in [-0.05, 0) is 11.8 Å². The third-order valence-electron chi connectivity index (χ3n) is 3.00. The SMILES string of the molecule is CN(Cc1ncc[nH]1)C(=O)NCC(CC(C)(C)C)C(=O)O. The fourth-order valence-electron chi connectivity index (χ4n) is 2.01. The Kier molecular flexibility index (Phi) is 5.75. The Labute approximate surface area is 124 Å².